The van der Waals surface area contributed by atoms with E-state index >= 15 is 0 Å². The van der Waals surface area contributed by atoms with E-state index in [1.54, 1.807) is 4.90 Å². The van der Waals surface area contributed by atoms with Crippen LogP contribution in [-0.4, -0.2) is 80.4 Å². The van der Waals surface area contributed by atoms with Gasteiger partial charge in [-0.1, -0.05) is 0 Å². The molecule has 0 aromatic heterocycles. The monoisotopic (exact) mass is 318 g/mol. The third-order valence-electron chi connectivity index (χ3n) is 4.31. The van der Waals surface area contributed by atoms with Gasteiger partial charge in [0, 0.05) is 26.6 Å². The second-order valence-corrected chi connectivity index (χ2v) is 8.32. The lowest BCUT2D eigenvalue weighted by molar-refractivity contribution is -0.142. The fourth-order valence-corrected chi connectivity index (χ4v) is 4.86. The van der Waals surface area contributed by atoms with Crippen molar-refractivity contribution in [3.63, 3.8) is 0 Å². The molecule has 120 valence electrons. The van der Waals surface area contributed by atoms with Crippen molar-refractivity contribution in [2.75, 3.05) is 46.0 Å². The molecule has 1 spiro atoms. The minimum absolute atomic E-state index is 0.0364. The molecule has 2 heterocycles. The van der Waals surface area contributed by atoms with Crippen LogP contribution < -0.4 is 0 Å². The zero-order valence-electron chi connectivity index (χ0n) is 12.3. The summed E-state index contributed by atoms with van der Waals surface area (Å²) < 4.78 is 37.8. The zero-order chi connectivity index (χ0) is 15.1. The molecule has 7 nitrogen and oxygen atoms in total. The van der Waals surface area contributed by atoms with Crippen LogP contribution in [0.2, 0.25) is 0 Å². The summed E-state index contributed by atoms with van der Waals surface area (Å²) >= 11 is 0. The van der Waals surface area contributed by atoms with Crippen molar-refractivity contribution in [3.8, 4) is 0 Å². The van der Waals surface area contributed by atoms with Gasteiger partial charge in [-0.2, -0.15) is 4.31 Å². The molecule has 8 heteroatoms. The van der Waals surface area contributed by atoms with Crippen LogP contribution in [0.5, 0.6) is 0 Å². The fourth-order valence-electron chi connectivity index (χ4n) is 2.96. The van der Waals surface area contributed by atoms with E-state index in [9.17, 15) is 13.2 Å². The second kappa shape index (κ2) is 5.49. The van der Waals surface area contributed by atoms with E-state index in [-0.39, 0.29) is 17.7 Å². The van der Waals surface area contributed by atoms with Crippen molar-refractivity contribution in [1.82, 2.24) is 9.21 Å². The normalized spacial score (nSPS) is 32.1. The molecule has 1 aliphatic carbocycles. The molecular formula is C13H22N2O5S. The molecule has 2 saturated heterocycles. The highest BCUT2D eigenvalue weighted by atomic mass is 32.2. The van der Waals surface area contributed by atoms with Gasteiger partial charge in [-0.25, -0.2) is 8.42 Å². The Kier molecular flexibility index (Phi) is 3.98. The van der Waals surface area contributed by atoms with Crippen molar-refractivity contribution in [1.29, 1.82) is 0 Å². The highest BCUT2D eigenvalue weighted by Crippen LogP contribution is 2.33. The van der Waals surface area contributed by atoms with E-state index in [4.69, 9.17) is 9.47 Å². The van der Waals surface area contributed by atoms with Crippen molar-refractivity contribution >= 4 is 15.9 Å². The van der Waals surface area contributed by atoms with Gasteiger partial charge in [0.15, 0.2) is 0 Å². The molecule has 0 unspecified atom stereocenters. The third-order valence-corrected chi connectivity index (χ3v) is 6.66. The highest BCUT2D eigenvalue weighted by Gasteiger charge is 2.47. The van der Waals surface area contributed by atoms with Gasteiger partial charge in [0.05, 0.1) is 31.6 Å². The molecule has 0 N–H and O–H groups in total. The fraction of sp³-hybridized carbons (Fsp3) is 0.923. The smallest absolute Gasteiger partial charge is 0.219 e. The molecule has 1 amide bonds. The van der Waals surface area contributed by atoms with Crippen LogP contribution in [-0.2, 0) is 24.3 Å². The molecule has 21 heavy (non-hydrogen) atoms. The van der Waals surface area contributed by atoms with Crippen LogP contribution in [0.25, 0.3) is 0 Å². The maximum Gasteiger partial charge on any atom is 0.219 e. The van der Waals surface area contributed by atoms with Gasteiger partial charge in [0.25, 0.3) is 0 Å². The Hall–Kier alpha value is -0.700. The average molecular weight is 318 g/mol. The summed E-state index contributed by atoms with van der Waals surface area (Å²) in [5.41, 5.74) is -0.734. The lowest BCUT2D eigenvalue weighted by Gasteiger charge is -2.42. The molecule has 0 bridgehead atoms. The Morgan fingerprint density at radius 2 is 1.95 bits per heavy atom. The maximum absolute atomic E-state index is 12.4. The summed E-state index contributed by atoms with van der Waals surface area (Å²) in [6, 6.07) is 0. The van der Waals surface area contributed by atoms with Gasteiger partial charge in [-0.05, 0) is 12.8 Å². The molecule has 1 atom stereocenters. The van der Waals surface area contributed by atoms with Crippen LogP contribution in [0.1, 0.15) is 19.8 Å². The summed E-state index contributed by atoms with van der Waals surface area (Å²) in [7, 11) is -3.22. The molecule has 1 saturated carbocycles. The Morgan fingerprint density at radius 1 is 1.19 bits per heavy atom. The first kappa shape index (κ1) is 15.2. The first-order chi connectivity index (χ1) is 9.93. The third kappa shape index (κ3) is 3.08. The van der Waals surface area contributed by atoms with Gasteiger partial charge in [0.2, 0.25) is 15.9 Å². The Morgan fingerprint density at radius 3 is 2.62 bits per heavy atom. The largest absolute Gasteiger partial charge is 0.376 e. The van der Waals surface area contributed by atoms with Crippen molar-refractivity contribution < 1.29 is 22.7 Å². The predicted octanol–water partition coefficient (Wildman–Crippen LogP) is -0.572. The van der Waals surface area contributed by atoms with Crippen LogP contribution in [0.3, 0.4) is 0 Å². The number of ether oxygens (including phenoxy) is 2. The first-order valence-electron chi connectivity index (χ1n) is 7.39. The topological polar surface area (TPSA) is 76.2 Å². The predicted molar refractivity (Wildman–Crippen MR) is 75.3 cm³/mol. The van der Waals surface area contributed by atoms with Crippen LogP contribution in [0, 0.1) is 0 Å². The maximum atomic E-state index is 12.4. The summed E-state index contributed by atoms with van der Waals surface area (Å²) in [5.74, 6) is -0.0364. The minimum atomic E-state index is -3.22. The number of amides is 1. The Labute approximate surface area is 125 Å². The van der Waals surface area contributed by atoms with Crippen LogP contribution in [0.4, 0.5) is 0 Å². The lowest BCUT2D eigenvalue weighted by Crippen LogP contribution is -2.60. The molecule has 0 radical (unpaired) electrons. The summed E-state index contributed by atoms with van der Waals surface area (Å²) in [6.07, 6.45) is 1.51. The number of morpholine rings is 1. The number of nitrogens with zero attached hydrogens (tertiary/aromatic N) is 2. The van der Waals surface area contributed by atoms with Crippen molar-refractivity contribution in [3.05, 3.63) is 0 Å². The van der Waals surface area contributed by atoms with E-state index in [2.05, 4.69) is 0 Å². The van der Waals surface area contributed by atoms with E-state index < -0.39 is 15.6 Å². The van der Waals surface area contributed by atoms with Gasteiger partial charge in [-0.3, -0.25) is 4.79 Å². The summed E-state index contributed by atoms with van der Waals surface area (Å²) in [5, 5.41) is -0.219. The first-order valence-corrected chi connectivity index (χ1v) is 8.89. The molecule has 2 aliphatic heterocycles. The summed E-state index contributed by atoms with van der Waals surface area (Å²) in [4.78, 5) is 13.3. The number of hydrogen-bond donors (Lipinski definition) is 0. The molecule has 3 aliphatic rings. The second-order valence-electron chi connectivity index (χ2n) is 6.10. The van der Waals surface area contributed by atoms with Gasteiger partial charge in [0.1, 0.15) is 5.60 Å². The number of sulfonamides is 1. The van der Waals surface area contributed by atoms with E-state index in [1.165, 1.54) is 11.2 Å². The molecule has 3 fully saturated rings. The number of carbonyl (C=O) groups is 1. The molecular weight excluding hydrogens is 296 g/mol. The number of hydrogen-bond acceptors (Lipinski definition) is 5. The van der Waals surface area contributed by atoms with Crippen molar-refractivity contribution in [2.45, 2.75) is 30.6 Å². The molecule has 0 aromatic rings. The van der Waals surface area contributed by atoms with Crippen molar-refractivity contribution in [2.24, 2.45) is 0 Å². The van der Waals surface area contributed by atoms with Crippen LogP contribution >= 0.6 is 0 Å². The van der Waals surface area contributed by atoms with Gasteiger partial charge < -0.3 is 14.4 Å². The SMILES string of the molecule is CC(=O)N1CCOC[C@]2(C1)CN(S(=O)(=O)C1CC1)CCO2. The number of carbonyl (C=O) groups excluding carboxylic acids is 1. The quantitative estimate of drug-likeness (QED) is 0.681. The zero-order valence-corrected chi connectivity index (χ0v) is 13.1. The molecule has 0 aromatic carbocycles. The Bertz CT molecular complexity index is 519. The highest BCUT2D eigenvalue weighted by molar-refractivity contribution is 7.90. The van der Waals surface area contributed by atoms with Gasteiger partial charge in [-0.15, -0.1) is 0 Å². The summed E-state index contributed by atoms with van der Waals surface area (Å²) in [6.45, 7) is 4.22. The number of rotatable bonds is 2. The Balaban J connectivity index is 1.78. The lowest BCUT2D eigenvalue weighted by atomic mass is 10.0. The van der Waals surface area contributed by atoms with E-state index in [0.717, 1.165) is 12.8 Å². The average Bonchev–Trinajstić information content (AvgIpc) is 3.26. The van der Waals surface area contributed by atoms with Gasteiger partial charge >= 0.3 is 0 Å². The molecule has 3 rings (SSSR count). The van der Waals surface area contributed by atoms with Crippen LogP contribution in [0.15, 0.2) is 0 Å². The minimum Gasteiger partial charge on any atom is -0.376 e. The standard InChI is InChI=1S/C13H22N2O5S/c1-11(16)14-4-6-19-10-13(8-14)9-15(5-7-20-13)21(17,18)12-2-3-12/h12H,2-10H2,1H3/t13-/m0/s1. The van der Waals surface area contributed by atoms with E-state index in [1.807, 2.05) is 0 Å². The van der Waals surface area contributed by atoms with E-state index in [0.29, 0.717) is 39.5 Å².